The maximum atomic E-state index is 12.0. The number of rotatable bonds is 4. The van der Waals surface area contributed by atoms with Crippen LogP contribution in [0.3, 0.4) is 0 Å². The first-order valence-electron chi connectivity index (χ1n) is 6.25. The smallest absolute Gasteiger partial charge is 0.341 e. The predicted molar refractivity (Wildman–Crippen MR) is 66.7 cm³/mol. The fraction of sp³-hybridized carbons (Fsp3) is 0.769. The van der Waals surface area contributed by atoms with E-state index >= 15 is 0 Å². The average Bonchev–Trinajstić information content (AvgIpc) is 2.57. The van der Waals surface area contributed by atoms with Crippen molar-refractivity contribution < 1.29 is 24.0 Å². The number of nitrogens with zero attached hydrogens (tertiary/aromatic N) is 1. The Kier molecular flexibility index (Phi) is 4.35. The van der Waals surface area contributed by atoms with Gasteiger partial charge in [0.25, 0.3) is 11.8 Å². The molecular weight excluding hydrogens is 250 g/mol. The first-order chi connectivity index (χ1) is 8.53. The minimum absolute atomic E-state index is 0.0883. The summed E-state index contributed by atoms with van der Waals surface area (Å²) in [6, 6.07) is 0. The fourth-order valence-electron chi connectivity index (χ4n) is 1.32. The second-order valence-electron chi connectivity index (χ2n) is 6.25. The van der Waals surface area contributed by atoms with E-state index in [0.717, 1.165) is 0 Å². The van der Waals surface area contributed by atoms with E-state index in [1.807, 2.05) is 20.8 Å². The van der Waals surface area contributed by atoms with Crippen molar-refractivity contribution in [2.24, 2.45) is 5.41 Å². The summed E-state index contributed by atoms with van der Waals surface area (Å²) in [6.07, 6.45) is 0.177. The maximum absolute atomic E-state index is 12.0. The number of hydrogen-bond donors (Lipinski definition) is 0. The van der Waals surface area contributed by atoms with Gasteiger partial charge in [-0.15, -0.1) is 5.06 Å². The number of amides is 2. The Labute approximate surface area is 113 Å². The fourth-order valence-corrected chi connectivity index (χ4v) is 1.32. The Morgan fingerprint density at radius 2 is 1.58 bits per heavy atom. The highest BCUT2D eigenvalue weighted by Crippen LogP contribution is 2.23. The van der Waals surface area contributed by atoms with E-state index in [9.17, 15) is 14.4 Å². The molecule has 6 heteroatoms. The molecule has 0 spiro atoms. The first kappa shape index (κ1) is 15.6. The Morgan fingerprint density at radius 3 is 2.00 bits per heavy atom. The van der Waals surface area contributed by atoms with Crippen LogP contribution in [0.15, 0.2) is 0 Å². The molecule has 0 radical (unpaired) electrons. The largest absolute Gasteiger partial charge is 0.375 e. The van der Waals surface area contributed by atoms with Gasteiger partial charge in [-0.1, -0.05) is 0 Å². The highest BCUT2D eigenvalue weighted by molar-refractivity contribution is 6.01. The van der Waals surface area contributed by atoms with Gasteiger partial charge in [0.2, 0.25) is 0 Å². The van der Waals surface area contributed by atoms with E-state index in [1.54, 1.807) is 13.8 Å². The molecule has 0 unspecified atom stereocenters. The normalized spacial score (nSPS) is 17.0. The third-order valence-corrected chi connectivity index (χ3v) is 2.60. The molecule has 1 rings (SSSR count). The van der Waals surface area contributed by atoms with Gasteiger partial charge < -0.3 is 9.57 Å². The summed E-state index contributed by atoms with van der Waals surface area (Å²) in [7, 11) is 0. The SMILES string of the molecule is CC(C)(C)OCC(C)(C)C(=O)ON1C(=O)CCC1=O. The number of hydroxylamine groups is 2. The highest BCUT2D eigenvalue weighted by atomic mass is 16.7. The number of carbonyl (C=O) groups excluding carboxylic acids is 3. The van der Waals surface area contributed by atoms with Gasteiger partial charge in [-0.25, -0.2) is 4.79 Å². The monoisotopic (exact) mass is 271 g/mol. The predicted octanol–water partition coefficient (Wildman–Crippen LogP) is 1.43. The molecule has 1 heterocycles. The third kappa shape index (κ3) is 4.31. The van der Waals surface area contributed by atoms with Crippen LogP contribution in [0.4, 0.5) is 0 Å². The zero-order valence-corrected chi connectivity index (χ0v) is 12.1. The molecule has 0 saturated carbocycles. The van der Waals surface area contributed by atoms with E-state index in [-0.39, 0.29) is 25.0 Å². The van der Waals surface area contributed by atoms with Crippen molar-refractivity contribution in [3.8, 4) is 0 Å². The van der Waals surface area contributed by atoms with Crippen molar-refractivity contribution in [1.82, 2.24) is 5.06 Å². The summed E-state index contributed by atoms with van der Waals surface area (Å²) in [4.78, 5) is 39.6. The van der Waals surface area contributed by atoms with E-state index in [1.165, 1.54) is 0 Å². The van der Waals surface area contributed by atoms with Crippen LogP contribution in [-0.2, 0) is 24.0 Å². The van der Waals surface area contributed by atoms with E-state index in [2.05, 4.69) is 0 Å². The molecule has 0 aromatic carbocycles. The van der Waals surface area contributed by atoms with Crippen LogP contribution < -0.4 is 0 Å². The molecule has 6 nitrogen and oxygen atoms in total. The summed E-state index contributed by atoms with van der Waals surface area (Å²) >= 11 is 0. The van der Waals surface area contributed by atoms with Crippen molar-refractivity contribution in [1.29, 1.82) is 0 Å². The van der Waals surface area contributed by atoms with Gasteiger partial charge >= 0.3 is 5.97 Å². The van der Waals surface area contributed by atoms with Crippen molar-refractivity contribution in [3.63, 3.8) is 0 Å². The molecule has 2 amide bonds. The van der Waals surface area contributed by atoms with Crippen molar-refractivity contribution in [3.05, 3.63) is 0 Å². The second kappa shape index (κ2) is 5.28. The van der Waals surface area contributed by atoms with Crippen LogP contribution in [0.2, 0.25) is 0 Å². The van der Waals surface area contributed by atoms with Crippen LogP contribution in [0.25, 0.3) is 0 Å². The molecular formula is C13H21NO5. The number of ether oxygens (including phenoxy) is 1. The number of carbonyl (C=O) groups is 3. The Morgan fingerprint density at radius 1 is 1.11 bits per heavy atom. The number of hydrogen-bond acceptors (Lipinski definition) is 5. The lowest BCUT2D eigenvalue weighted by Gasteiger charge is -2.28. The topological polar surface area (TPSA) is 72.9 Å². The Balaban J connectivity index is 2.61. The van der Waals surface area contributed by atoms with Gasteiger partial charge in [-0.05, 0) is 34.6 Å². The van der Waals surface area contributed by atoms with Crippen LogP contribution in [0, 0.1) is 5.41 Å². The van der Waals surface area contributed by atoms with Gasteiger partial charge in [0.15, 0.2) is 0 Å². The molecule has 1 aliphatic rings. The third-order valence-electron chi connectivity index (χ3n) is 2.60. The first-order valence-corrected chi connectivity index (χ1v) is 6.25. The van der Waals surface area contributed by atoms with Crippen molar-refractivity contribution >= 4 is 17.8 Å². The minimum atomic E-state index is -0.934. The van der Waals surface area contributed by atoms with Crippen molar-refractivity contribution in [2.75, 3.05) is 6.61 Å². The van der Waals surface area contributed by atoms with E-state index < -0.39 is 23.2 Å². The maximum Gasteiger partial charge on any atom is 0.341 e. The average molecular weight is 271 g/mol. The molecule has 0 aliphatic carbocycles. The van der Waals surface area contributed by atoms with Gasteiger partial charge in [-0.3, -0.25) is 9.59 Å². The second-order valence-corrected chi connectivity index (χ2v) is 6.25. The summed E-state index contributed by atoms with van der Waals surface area (Å²) in [6.45, 7) is 9.07. The van der Waals surface area contributed by atoms with Crippen LogP contribution in [-0.4, -0.2) is 35.1 Å². The minimum Gasteiger partial charge on any atom is -0.375 e. The van der Waals surface area contributed by atoms with E-state index in [0.29, 0.717) is 5.06 Å². The molecule has 19 heavy (non-hydrogen) atoms. The molecule has 108 valence electrons. The Hall–Kier alpha value is -1.43. The highest BCUT2D eigenvalue weighted by Gasteiger charge is 2.38. The summed E-state index contributed by atoms with van der Waals surface area (Å²) in [5.41, 5.74) is -1.31. The van der Waals surface area contributed by atoms with Crippen LogP contribution in [0.5, 0.6) is 0 Å². The lowest BCUT2D eigenvalue weighted by Crippen LogP contribution is -2.41. The van der Waals surface area contributed by atoms with E-state index in [4.69, 9.17) is 9.57 Å². The molecule has 1 aliphatic heterocycles. The molecule has 0 aromatic rings. The van der Waals surface area contributed by atoms with Gasteiger partial charge in [0.1, 0.15) is 0 Å². The lowest BCUT2D eigenvalue weighted by molar-refractivity contribution is -0.207. The quantitative estimate of drug-likeness (QED) is 0.723. The Bertz CT molecular complexity index is 378. The molecule has 0 N–H and O–H groups in total. The lowest BCUT2D eigenvalue weighted by atomic mass is 9.95. The summed E-state index contributed by atoms with van der Waals surface area (Å²) in [5.74, 6) is -1.61. The van der Waals surface area contributed by atoms with Crippen molar-refractivity contribution in [2.45, 2.75) is 53.1 Å². The summed E-state index contributed by atoms with van der Waals surface area (Å²) in [5, 5.41) is 0.557. The molecule has 0 bridgehead atoms. The standard InChI is InChI=1S/C13H21NO5/c1-12(2,3)18-8-13(4,5)11(17)19-14-9(15)6-7-10(14)16/h6-8H2,1-5H3. The van der Waals surface area contributed by atoms with Gasteiger partial charge in [0.05, 0.1) is 17.6 Å². The summed E-state index contributed by atoms with van der Waals surface area (Å²) < 4.78 is 5.54. The molecule has 1 fully saturated rings. The molecule has 0 aromatic heterocycles. The van der Waals surface area contributed by atoms with Gasteiger partial charge in [0, 0.05) is 12.8 Å². The number of imide groups is 1. The van der Waals surface area contributed by atoms with Crippen LogP contribution in [0.1, 0.15) is 47.5 Å². The zero-order chi connectivity index (χ0) is 14.8. The van der Waals surface area contributed by atoms with Gasteiger partial charge in [-0.2, -0.15) is 0 Å². The molecule has 0 atom stereocenters. The molecule has 1 saturated heterocycles. The zero-order valence-electron chi connectivity index (χ0n) is 12.1. The van der Waals surface area contributed by atoms with Crippen LogP contribution >= 0.6 is 0 Å².